The lowest BCUT2D eigenvalue weighted by Gasteiger charge is -2.24. The van der Waals surface area contributed by atoms with Gasteiger partial charge in [-0.25, -0.2) is 0 Å². The van der Waals surface area contributed by atoms with Crippen LogP contribution >= 0.6 is 0 Å². The molecule has 1 rings (SSSR count). The molecule has 1 aromatic carbocycles. The summed E-state index contributed by atoms with van der Waals surface area (Å²) < 4.78 is 5.27. The maximum atomic E-state index is 9.06. The number of allylic oxidation sites excluding steroid dienone is 1. The molecule has 1 aromatic rings. The molecule has 0 spiro atoms. The maximum Gasteiger partial charge on any atom is 0.142 e. The summed E-state index contributed by atoms with van der Waals surface area (Å²) in [4.78, 5) is 13.5. The van der Waals surface area contributed by atoms with Gasteiger partial charge < -0.3 is 19.9 Å². The summed E-state index contributed by atoms with van der Waals surface area (Å²) in [5.41, 5.74) is 2.28. The Labute approximate surface area is 141 Å². The van der Waals surface area contributed by atoms with Crippen molar-refractivity contribution < 1.29 is 9.53 Å². The van der Waals surface area contributed by atoms with Gasteiger partial charge in [-0.2, -0.15) is 0 Å². The van der Waals surface area contributed by atoms with Crippen molar-refractivity contribution in [3.05, 3.63) is 30.9 Å². The lowest BCUT2D eigenvalue weighted by atomic mass is 10.2. The molecule has 132 valence electrons. The summed E-state index contributed by atoms with van der Waals surface area (Å²) >= 11 is 0. The molecule has 0 saturated heterocycles. The maximum absolute atomic E-state index is 9.06. The predicted molar refractivity (Wildman–Crippen MR) is 102 cm³/mol. The van der Waals surface area contributed by atoms with Gasteiger partial charge in [-0.1, -0.05) is 20.4 Å². The Morgan fingerprint density at radius 2 is 1.78 bits per heavy atom. The van der Waals surface area contributed by atoms with Crippen molar-refractivity contribution in [3.8, 4) is 5.75 Å². The number of ether oxygens (including phenoxy) is 1. The van der Waals surface area contributed by atoms with E-state index in [9.17, 15) is 0 Å². The van der Waals surface area contributed by atoms with E-state index in [1.165, 1.54) is 6.08 Å². The Kier molecular flexibility index (Phi) is 15.1. The molecule has 23 heavy (non-hydrogen) atoms. The zero-order valence-electron chi connectivity index (χ0n) is 15.7. The fourth-order valence-corrected chi connectivity index (χ4v) is 1.64. The smallest absolute Gasteiger partial charge is 0.142 e. The van der Waals surface area contributed by atoms with Gasteiger partial charge >= 0.3 is 0 Å². The molecular formula is C18H33N3O2. The Hall–Kier alpha value is -2.01. The summed E-state index contributed by atoms with van der Waals surface area (Å²) in [6.07, 6.45) is 1.83. The number of likely N-dealkylation sites (N-methyl/N-ethyl adjacent to an activating group) is 2. The fourth-order valence-electron chi connectivity index (χ4n) is 1.64. The van der Waals surface area contributed by atoms with E-state index in [4.69, 9.17) is 9.53 Å². The van der Waals surface area contributed by atoms with Crippen LogP contribution in [0.15, 0.2) is 30.9 Å². The molecule has 0 aliphatic carbocycles. The van der Waals surface area contributed by atoms with Crippen LogP contribution in [0.25, 0.3) is 0 Å². The van der Waals surface area contributed by atoms with Gasteiger partial charge in [-0.15, -0.1) is 0 Å². The number of anilines is 2. The fraction of sp³-hybridized carbons (Fsp3) is 0.500. The van der Waals surface area contributed by atoms with Crippen molar-refractivity contribution in [2.75, 3.05) is 58.6 Å². The van der Waals surface area contributed by atoms with Gasteiger partial charge in [0.2, 0.25) is 0 Å². The van der Waals surface area contributed by atoms with Crippen molar-refractivity contribution in [2.24, 2.45) is 0 Å². The van der Waals surface area contributed by atoms with Gasteiger partial charge in [0.25, 0.3) is 0 Å². The van der Waals surface area contributed by atoms with Crippen LogP contribution in [0, 0.1) is 0 Å². The minimum absolute atomic E-state index is 0.639. The molecule has 0 bridgehead atoms. The highest BCUT2D eigenvalue weighted by molar-refractivity contribution is 5.71. The molecule has 0 aliphatic heterocycles. The van der Waals surface area contributed by atoms with Crippen LogP contribution < -0.4 is 15.0 Å². The molecule has 0 atom stereocenters. The number of carbonyl (C=O) groups is 1. The number of nitrogens with zero attached hydrogens (tertiary/aromatic N) is 2. The molecular weight excluding hydrogens is 290 g/mol. The Morgan fingerprint density at radius 3 is 2.17 bits per heavy atom. The summed E-state index contributed by atoms with van der Waals surface area (Å²) in [5, 5.41) is 3.20. The van der Waals surface area contributed by atoms with Crippen molar-refractivity contribution in [1.29, 1.82) is 0 Å². The normalized spacial score (nSPS) is 8.87. The van der Waals surface area contributed by atoms with Crippen molar-refractivity contribution >= 4 is 17.7 Å². The van der Waals surface area contributed by atoms with E-state index in [1.54, 1.807) is 7.11 Å². The first-order valence-corrected chi connectivity index (χ1v) is 7.78. The minimum Gasteiger partial charge on any atom is -0.497 e. The van der Waals surface area contributed by atoms with Crippen molar-refractivity contribution in [3.63, 3.8) is 0 Å². The molecule has 0 unspecified atom stereocenters. The third-order valence-electron chi connectivity index (χ3n) is 2.86. The van der Waals surface area contributed by atoms with E-state index in [0.29, 0.717) is 6.29 Å². The highest BCUT2D eigenvalue weighted by Crippen LogP contribution is 2.29. The van der Waals surface area contributed by atoms with Crippen LogP contribution in [0.4, 0.5) is 11.4 Å². The zero-order chi connectivity index (χ0) is 18.3. The van der Waals surface area contributed by atoms with Gasteiger partial charge in [-0.3, -0.25) is 4.79 Å². The van der Waals surface area contributed by atoms with Crippen LogP contribution in [0.3, 0.4) is 0 Å². The van der Waals surface area contributed by atoms with Crippen LogP contribution in [-0.2, 0) is 4.79 Å². The molecule has 0 heterocycles. The van der Waals surface area contributed by atoms with Crippen LogP contribution in [-0.4, -0.2) is 59.6 Å². The zero-order valence-corrected chi connectivity index (χ0v) is 15.7. The van der Waals surface area contributed by atoms with E-state index in [-0.39, 0.29) is 0 Å². The van der Waals surface area contributed by atoms with E-state index < -0.39 is 0 Å². The molecule has 5 heteroatoms. The monoisotopic (exact) mass is 323 g/mol. The lowest BCUT2D eigenvalue weighted by Crippen LogP contribution is -2.28. The van der Waals surface area contributed by atoms with Crippen LogP contribution in [0.5, 0.6) is 5.75 Å². The standard InChI is InChI=1S/C13H23N3O.C3H4O.C2H6/c1-14-12-7-6-11(17-5)10-13(12)16(4)9-8-15(2)3;1-2-3-4;1-2/h6-7,10,14H,8-9H2,1-5H3;2-3H,1H2;1-2H3. The second-order valence-electron chi connectivity index (χ2n) is 4.73. The number of benzene rings is 1. The molecule has 0 saturated carbocycles. The highest BCUT2D eigenvalue weighted by Gasteiger charge is 2.08. The number of hydrogen-bond donors (Lipinski definition) is 1. The van der Waals surface area contributed by atoms with E-state index in [2.05, 4.69) is 48.9 Å². The molecule has 0 aromatic heterocycles. The molecule has 0 aliphatic rings. The molecule has 0 fully saturated rings. The van der Waals surface area contributed by atoms with Gasteiger partial charge in [0.05, 0.1) is 18.5 Å². The largest absolute Gasteiger partial charge is 0.497 e. The van der Waals surface area contributed by atoms with E-state index >= 15 is 0 Å². The van der Waals surface area contributed by atoms with E-state index in [0.717, 1.165) is 30.2 Å². The SMILES string of the molecule is C=CC=O.CC.CNc1ccc(OC)cc1N(C)CCN(C)C. The summed E-state index contributed by atoms with van der Waals surface area (Å²) in [5.74, 6) is 0.885. The first-order chi connectivity index (χ1) is 11.0. The average Bonchev–Trinajstić information content (AvgIpc) is 2.60. The van der Waals surface area contributed by atoms with Gasteiger partial charge in [0.15, 0.2) is 0 Å². The number of carbonyl (C=O) groups excluding carboxylic acids is 1. The van der Waals surface area contributed by atoms with Gasteiger partial charge in [0, 0.05) is 33.3 Å². The Bertz CT molecular complexity index is 428. The van der Waals surface area contributed by atoms with E-state index in [1.807, 2.05) is 33.0 Å². The van der Waals surface area contributed by atoms with Gasteiger partial charge in [0.1, 0.15) is 12.0 Å². The Balaban J connectivity index is 0. The third kappa shape index (κ3) is 10.4. The number of aldehydes is 1. The number of rotatable bonds is 7. The van der Waals surface area contributed by atoms with Crippen LogP contribution in [0.1, 0.15) is 13.8 Å². The number of nitrogens with one attached hydrogen (secondary N) is 1. The molecule has 0 radical (unpaired) electrons. The number of methoxy groups -OCH3 is 1. The van der Waals surface area contributed by atoms with Crippen LogP contribution in [0.2, 0.25) is 0 Å². The predicted octanol–water partition coefficient (Wildman–Crippen LogP) is 3.13. The number of hydrogen-bond acceptors (Lipinski definition) is 5. The third-order valence-corrected chi connectivity index (χ3v) is 2.86. The highest BCUT2D eigenvalue weighted by atomic mass is 16.5. The topological polar surface area (TPSA) is 44.8 Å². The second-order valence-corrected chi connectivity index (χ2v) is 4.73. The quantitative estimate of drug-likeness (QED) is 0.617. The first-order valence-electron chi connectivity index (χ1n) is 7.78. The van der Waals surface area contributed by atoms with Gasteiger partial charge in [-0.05, 0) is 32.3 Å². The average molecular weight is 323 g/mol. The molecule has 1 N–H and O–H groups in total. The van der Waals surface area contributed by atoms with Crippen molar-refractivity contribution in [1.82, 2.24) is 4.90 Å². The summed E-state index contributed by atoms with van der Waals surface area (Å²) in [6.45, 7) is 9.12. The minimum atomic E-state index is 0.639. The second kappa shape index (κ2) is 14.9. The lowest BCUT2D eigenvalue weighted by molar-refractivity contribution is -0.104. The van der Waals surface area contributed by atoms with Crippen molar-refractivity contribution in [2.45, 2.75) is 13.8 Å². The summed E-state index contributed by atoms with van der Waals surface area (Å²) in [6, 6.07) is 6.07. The molecule has 5 nitrogen and oxygen atoms in total. The summed E-state index contributed by atoms with van der Waals surface area (Å²) in [7, 11) is 9.89. The molecule has 0 amide bonds. The first kappa shape index (κ1) is 23.3. The Morgan fingerprint density at radius 1 is 1.22 bits per heavy atom.